The molecule has 0 spiro atoms. The number of amides is 1. The van der Waals surface area contributed by atoms with Crippen LogP contribution in [0.4, 0.5) is 8.78 Å². The molecule has 1 amide bonds. The molecule has 21 heavy (non-hydrogen) atoms. The lowest BCUT2D eigenvalue weighted by Crippen LogP contribution is -2.12. The van der Waals surface area contributed by atoms with E-state index in [4.69, 9.17) is 10.2 Å². The van der Waals surface area contributed by atoms with Crippen LogP contribution in [0.1, 0.15) is 10.5 Å². The van der Waals surface area contributed by atoms with Gasteiger partial charge in [0.2, 0.25) is 5.89 Å². The lowest BCUT2D eigenvalue weighted by atomic mass is 10.2. The number of rotatable bonds is 3. The van der Waals surface area contributed by atoms with Gasteiger partial charge in [-0.1, -0.05) is 12.1 Å². The normalized spacial score (nSPS) is 10.8. The van der Waals surface area contributed by atoms with Gasteiger partial charge in [-0.05, 0) is 23.6 Å². The number of carbonyl (C=O) groups excluding carboxylic acids is 1. The molecule has 0 radical (unpaired) electrons. The van der Waals surface area contributed by atoms with Crippen LogP contribution in [0, 0.1) is 11.6 Å². The average molecular weight is 306 g/mol. The van der Waals surface area contributed by atoms with Crippen molar-refractivity contribution in [3.8, 4) is 22.1 Å². The van der Waals surface area contributed by atoms with Crippen molar-refractivity contribution >= 4 is 17.2 Å². The fourth-order valence-corrected chi connectivity index (χ4v) is 2.58. The molecular formula is C14H8F2N2O2S. The Bertz CT molecular complexity index is 792. The van der Waals surface area contributed by atoms with E-state index in [-0.39, 0.29) is 17.3 Å². The van der Waals surface area contributed by atoms with Crippen LogP contribution in [0.5, 0.6) is 0 Å². The number of hydrogen-bond donors (Lipinski definition) is 1. The Morgan fingerprint density at radius 3 is 2.48 bits per heavy atom. The molecule has 3 rings (SSSR count). The average Bonchev–Trinajstić information content (AvgIpc) is 3.07. The summed E-state index contributed by atoms with van der Waals surface area (Å²) in [4.78, 5) is 15.9. The first-order valence-electron chi connectivity index (χ1n) is 5.87. The van der Waals surface area contributed by atoms with E-state index in [0.717, 1.165) is 12.1 Å². The van der Waals surface area contributed by atoms with Crippen molar-refractivity contribution in [3.63, 3.8) is 0 Å². The maximum absolute atomic E-state index is 13.8. The van der Waals surface area contributed by atoms with Gasteiger partial charge in [0, 0.05) is 0 Å². The van der Waals surface area contributed by atoms with Gasteiger partial charge in [-0.25, -0.2) is 13.8 Å². The van der Waals surface area contributed by atoms with Crippen molar-refractivity contribution in [1.29, 1.82) is 0 Å². The Morgan fingerprint density at radius 2 is 1.90 bits per heavy atom. The van der Waals surface area contributed by atoms with Crippen LogP contribution >= 0.6 is 11.3 Å². The molecule has 0 aliphatic heterocycles. The molecule has 0 atom stereocenters. The molecule has 0 bridgehead atoms. The molecule has 0 saturated carbocycles. The SMILES string of the molecule is NC(=O)c1nc(-c2c(F)cccc2F)oc1-c1cccs1. The van der Waals surface area contributed by atoms with E-state index in [1.807, 2.05) is 0 Å². The first kappa shape index (κ1) is 13.4. The smallest absolute Gasteiger partial charge is 0.271 e. The van der Waals surface area contributed by atoms with Gasteiger partial charge in [-0.2, -0.15) is 0 Å². The molecule has 4 nitrogen and oxygen atoms in total. The van der Waals surface area contributed by atoms with Crippen molar-refractivity contribution in [2.24, 2.45) is 5.73 Å². The number of oxazole rings is 1. The number of benzene rings is 1. The van der Waals surface area contributed by atoms with E-state index in [0.29, 0.717) is 4.88 Å². The van der Waals surface area contributed by atoms with Crippen LogP contribution in [0.3, 0.4) is 0 Å². The summed E-state index contributed by atoms with van der Waals surface area (Å²) in [6.45, 7) is 0. The summed E-state index contributed by atoms with van der Waals surface area (Å²) in [5.41, 5.74) is 4.66. The van der Waals surface area contributed by atoms with Crippen molar-refractivity contribution in [2.45, 2.75) is 0 Å². The highest BCUT2D eigenvalue weighted by atomic mass is 32.1. The van der Waals surface area contributed by atoms with E-state index in [1.165, 1.54) is 17.4 Å². The molecule has 2 heterocycles. The predicted molar refractivity (Wildman–Crippen MR) is 73.7 cm³/mol. The molecule has 0 unspecified atom stereocenters. The van der Waals surface area contributed by atoms with E-state index < -0.39 is 23.1 Å². The van der Waals surface area contributed by atoms with Crippen molar-refractivity contribution < 1.29 is 18.0 Å². The lowest BCUT2D eigenvalue weighted by molar-refractivity contribution is 0.0996. The highest BCUT2D eigenvalue weighted by Crippen LogP contribution is 2.34. The summed E-state index contributed by atoms with van der Waals surface area (Å²) in [6, 6.07) is 6.83. The number of aromatic nitrogens is 1. The molecule has 2 N–H and O–H groups in total. The zero-order chi connectivity index (χ0) is 15.0. The quantitative estimate of drug-likeness (QED) is 0.805. The van der Waals surface area contributed by atoms with E-state index in [9.17, 15) is 13.6 Å². The second-order valence-electron chi connectivity index (χ2n) is 4.13. The van der Waals surface area contributed by atoms with Crippen LogP contribution in [-0.2, 0) is 0 Å². The van der Waals surface area contributed by atoms with Crippen molar-refractivity contribution in [1.82, 2.24) is 4.98 Å². The molecule has 0 fully saturated rings. The zero-order valence-corrected chi connectivity index (χ0v) is 11.3. The summed E-state index contributed by atoms with van der Waals surface area (Å²) in [5.74, 6) is -2.70. The highest BCUT2D eigenvalue weighted by Gasteiger charge is 2.24. The Labute approximate surface area is 121 Å². The van der Waals surface area contributed by atoms with Crippen molar-refractivity contribution in [2.75, 3.05) is 0 Å². The Kier molecular flexibility index (Phi) is 3.26. The number of nitrogens with zero attached hydrogens (tertiary/aromatic N) is 1. The molecule has 7 heteroatoms. The minimum absolute atomic E-state index is 0.107. The summed E-state index contributed by atoms with van der Waals surface area (Å²) in [5, 5.41) is 1.77. The van der Waals surface area contributed by atoms with Crippen LogP contribution in [0.2, 0.25) is 0 Å². The molecular weight excluding hydrogens is 298 g/mol. The number of nitrogens with two attached hydrogens (primary N) is 1. The molecule has 106 valence electrons. The third-order valence-corrected chi connectivity index (χ3v) is 3.65. The van der Waals surface area contributed by atoms with E-state index >= 15 is 0 Å². The fourth-order valence-electron chi connectivity index (χ4n) is 1.87. The number of hydrogen-bond acceptors (Lipinski definition) is 4. The van der Waals surface area contributed by atoms with Gasteiger partial charge in [0.1, 0.15) is 17.2 Å². The number of halogens is 2. The largest absolute Gasteiger partial charge is 0.434 e. The van der Waals surface area contributed by atoms with Crippen LogP contribution < -0.4 is 5.73 Å². The minimum Gasteiger partial charge on any atom is -0.434 e. The van der Waals surface area contributed by atoms with Crippen LogP contribution in [0.25, 0.3) is 22.1 Å². The van der Waals surface area contributed by atoms with E-state index in [1.54, 1.807) is 17.5 Å². The number of carbonyl (C=O) groups is 1. The first-order chi connectivity index (χ1) is 10.1. The Balaban J connectivity index is 2.22. The highest BCUT2D eigenvalue weighted by molar-refractivity contribution is 7.13. The topological polar surface area (TPSA) is 69.1 Å². The maximum Gasteiger partial charge on any atom is 0.271 e. The minimum atomic E-state index is -0.829. The third-order valence-electron chi connectivity index (χ3n) is 2.78. The molecule has 1 aromatic carbocycles. The zero-order valence-electron chi connectivity index (χ0n) is 10.5. The van der Waals surface area contributed by atoms with Crippen LogP contribution in [0.15, 0.2) is 40.1 Å². The van der Waals surface area contributed by atoms with Gasteiger partial charge in [0.05, 0.1) is 4.88 Å². The molecule has 2 aromatic heterocycles. The van der Waals surface area contributed by atoms with Gasteiger partial charge < -0.3 is 10.2 Å². The third kappa shape index (κ3) is 2.31. The Morgan fingerprint density at radius 1 is 1.19 bits per heavy atom. The molecule has 3 aromatic rings. The van der Waals surface area contributed by atoms with Gasteiger partial charge in [0.25, 0.3) is 5.91 Å². The predicted octanol–water partition coefficient (Wildman–Crippen LogP) is 3.45. The summed E-state index contributed by atoms with van der Waals surface area (Å²) in [6.07, 6.45) is 0. The van der Waals surface area contributed by atoms with Gasteiger partial charge in [-0.15, -0.1) is 11.3 Å². The first-order valence-corrected chi connectivity index (χ1v) is 6.75. The van der Waals surface area contributed by atoms with E-state index in [2.05, 4.69) is 4.98 Å². The Hall–Kier alpha value is -2.54. The van der Waals surface area contributed by atoms with Crippen LogP contribution in [-0.4, -0.2) is 10.9 Å². The number of primary amides is 1. The second kappa shape index (κ2) is 5.10. The standard InChI is InChI=1S/C14H8F2N2O2S/c15-7-3-1-4-8(16)10(7)14-18-11(13(17)19)12(20-14)9-5-2-6-21-9/h1-6H,(H2,17,19). The molecule has 0 saturated heterocycles. The molecule has 0 aliphatic rings. The fraction of sp³-hybridized carbons (Fsp3) is 0. The number of thiophene rings is 1. The monoisotopic (exact) mass is 306 g/mol. The maximum atomic E-state index is 13.8. The summed E-state index contributed by atoms with van der Waals surface area (Å²) < 4.78 is 32.9. The van der Waals surface area contributed by atoms with Gasteiger partial charge in [0.15, 0.2) is 11.5 Å². The van der Waals surface area contributed by atoms with Gasteiger partial charge in [-0.3, -0.25) is 4.79 Å². The summed E-state index contributed by atoms with van der Waals surface area (Å²) >= 11 is 1.30. The van der Waals surface area contributed by atoms with Gasteiger partial charge >= 0.3 is 0 Å². The second-order valence-corrected chi connectivity index (χ2v) is 5.08. The van der Waals surface area contributed by atoms with Crippen molar-refractivity contribution in [3.05, 3.63) is 53.0 Å². The molecule has 0 aliphatic carbocycles. The lowest BCUT2D eigenvalue weighted by Gasteiger charge is -1.99. The summed E-state index contributed by atoms with van der Waals surface area (Å²) in [7, 11) is 0.